The van der Waals surface area contributed by atoms with Crippen molar-refractivity contribution in [1.29, 1.82) is 0 Å². The summed E-state index contributed by atoms with van der Waals surface area (Å²) in [6.07, 6.45) is -1.22. The van der Waals surface area contributed by atoms with Crippen LogP contribution in [0.5, 0.6) is 0 Å². The Balaban J connectivity index is 2.36. The minimum Gasteiger partial charge on any atom is -0.391 e. The van der Waals surface area contributed by atoms with Crippen LogP contribution in [0.1, 0.15) is 6.92 Å². The molecule has 1 fully saturated rings. The first-order valence-corrected chi connectivity index (χ1v) is 5.51. The largest absolute Gasteiger partial charge is 0.391 e. The van der Waals surface area contributed by atoms with E-state index in [1.807, 2.05) is 6.92 Å². The van der Waals surface area contributed by atoms with Gasteiger partial charge < -0.3 is 28.8 Å². The van der Waals surface area contributed by atoms with Gasteiger partial charge >= 0.3 is 0 Å². The van der Waals surface area contributed by atoms with Crippen LogP contribution in [0, 0.1) is 0 Å². The van der Waals surface area contributed by atoms with Gasteiger partial charge in [0.05, 0.1) is 39.6 Å². The molecule has 16 heavy (non-hydrogen) atoms. The molecule has 1 saturated heterocycles. The van der Waals surface area contributed by atoms with Crippen LogP contribution in [0.2, 0.25) is 0 Å². The second-order valence-electron chi connectivity index (χ2n) is 3.19. The zero-order chi connectivity index (χ0) is 11.6. The lowest BCUT2D eigenvalue weighted by Gasteiger charge is -2.25. The Morgan fingerprint density at radius 2 is 1.81 bits per heavy atom. The highest BCUT2D eigenvalue weighted by Gasteiger charge is 2.18. The third-order valence-corrected chi connectivity index (χ3v) is 1.97. The molecule has 1 aliphatic rings. The fourth-order valence-electron chi connectivity index (χ4n) is 1.22. The highest BCUT2D eigenvalue weighted by molar-refractivity contribution is 4.49. The molecule has 0 aromatic rings. The smallest absolute Gasteiger partial charge is 0.184 e. The molecule has 96 valence electrons. The van der Waals surface area contributed by atoms with E-state index in [0.717, 1.165) is 0 Å². The molecular weight excluding hydrogens is 216 g/mol. The average Bonchev–Trinajstić information content (AvgIpc) is 2.33. The average molecular weight is 236 g/mol. The minimum absolute atomic E-state index is 0.216. The van der Waals surface area contributed by atoms with Crippen LogP contribution in [0.4, 0.5) is 0 Å². The summed E-state index contributed by atoms with van der Waals surface area (Å²) in [7, 11) is 0. The maximum absolute atomic E-state index is 9.03. The fraction of sp³-hybridized carbons (Fsp3) is 1.00. The molecule has 2 atom stereocenters. The molecule has 0 aliphatic carbocycles. The molecule has 0 bridgehead atoms. The number of ether oxygens (including phenoxy) is 5. The third kappa shape index (κ3) is 5.74. The van der Waals surface area contributed by atoms with E-state index in [1.165, 1.54) is 0 Å². The first kappa shape index (κ1) is 13.8. The van der Waals surface area contributed by atoms with Crippen LogP contribution in [0.25, 0.3) is 0 Å². The van der Waals surface area contributed by atoms with Crippen LogP contribution >= 0.6 is 0 Å². The number of aliphatic hydroxyl groups is 1. The van der Waals surface area contributed by atoms with Gasteiger partial charge in [-0.1, -0.05) is 0 Å². The van der Waals surface area contributed by atoms with E-state index in [-0.39, 0.29) is 6.61 Å². The van der Waals surface area contributed by atoms with Crippen molar-refractivity contribution in [2.24, 2.45) is 0 Å². The molecule has 0 spiro atoms. The van der Waals surface area contributed by atoms with Gasteiger partial charge in [-0.15, -0.1) is 0 Å². The SMILES string of the molecule is CCOCC1OCCOCCOC(CO)O1. The molecule has 1 aliphatic heterocycles. The zero-order valence-corrected chi connectivity index (χ0v) is 9.59. The fourth-order valence-corrected chi connectivity index (χ4v) is 1.22. The van der Waals surface area contributed by atoms with Gasteiger partial charge in [-0.3, -0.25) is 0 Å². The molecule has 2 unspecified atom stereocenters. The van der Waals surface area contributed by atoms with Crippen molar-refractivity contribution in [1.82, 2.24) is 0 Å². The van der Waals surface area contributed by atoms with Crippen molar-refractivity contribution in [3.8, 4) is 0 Å². The normalized spacial score (nSPS) is 28.9. The number of aliphatic hydroxyl groups excluding tert-OH is 1. The van der Waals surface area contributed by atoms with Gasteiger partial charge in [-0.05, 0) is 6.92 Å². The summed E-state index contributed by atoms with van der Waals surface area (Å²) in [5.41, 5.74) is 0. The lowest BCUT2D eigenvalue weighted by molar-refractivity contribution is -0.277. The summed E-state index contributed by atoms with van der Waals surface area (Å²) >= 11 is 0. The van der Waals surface area contributed by atoms with Crippen LogP contribution in [-0.2, 0) is 23.7 Å². The predicted octanol–water partition coefficient (Wildman–Crippen LogP) is -0.253. The molecule has 0 radical (unpaired) electrons. The Morgan fingerprint density at radius 1 is 1.12 bits per heavy atom. The standard InChI is InChI=1S/C10H20O6/c1-2-12-8-10-15-6-4-13-3-5-14-9(7-11)16-10/h9-11H,2-8H2,1H3. The van der Waals surface area contributed by atoms with Gasteiger partial charge in [0.2, 0.25) is 0 Å². The van der Waals surface area contributed by atoms with E-state index in [4.69, 9.17) is 28.8 Å². The topological polar surface area (TPSA) is 66.4 Å². The molecule has 0 amide bonds. The van der Waals surface area contributed by atoms with E-state index >= 15 is 0 Å². The maximum atomic E-state index is 9.03. The highest BCUT2D eigenvalue weighted by atomic mass is 16.8. The molecular formula is C10H20O6. The van der Waals surface area contributed by atoms with Crippen LogP contribution in [-0.4, -0.2) is 63.9 Å². The van der Waals surface area contributed by atoms with Gasteiger partial charge in [-0.25, -0.2) is 0 Å². The highest BCUT2D eigenvalue weighted by Crippen LogP contribution is 2.05. The van der Waals surface area contributed by atoms with Crippen molar-refractivity contribution in [2.45, 2.75) is 19.5 Å². The predicted molar refractivity (Wildman–Crippen MR) is 55.0 cm³/mol. The van der Waals surface area contributed by atoms with E-state index in [9.17, 15) is 0 Å². The second-order valence-corrected chi connectivity index (χ2v) is 3.19. The molecule has 1 heterocycles. The van der Waals surface area contributed by atoms with E-state index in [1.54, 1.807) is 0 Å². The van der Waals surface area contributed by atoms with Gasteiger partial charge in [0.15, 0.2) is 12.6 Å². The monoisotopic (exact) mass is 236 g/mol. The first-order valence-electron chi connectivity index (χ1n) is 5.51. The molecule has 0 saturated carbocycles. The Hall–Kier alpha value is -0.240. The number of hydrogen-bond acceptors (Lipinski definition) is 6. The summed E-state index contributed by atoms with van der Waals surface area (Å²) in [6.45, 7) is 4.39. The number of rotatable bonds is 4. The lowest BCUT2D eigenvalue weighted by atomic mass is 10.6. The van der Waals surface area contributed by atoms with Gasteiger partial charge in [-0.2, -0.15) is 0 Å². The summed E-state index contributed by atoms with van der Waals surface area (Å²) < 4.78 is 26.5. The van der Waals surface area contributed by atoms with Crippen LogP contribution in [0.3, 0.4) is 0 Å². The quantitative estimate of drug-likeness (QED) is 0.726. The summed E-state index contributed by atoms with van der Waals surface area (Å²) in [4.78, 5) is 0. The molecule has 1 rings (SSSR count). The third-order valence-electron chi connectivity index (χ3n) is 1.97. The minimum atomic E-state index is -0.688. The summed E-state index contributed by atoms with van der Waals surface area (Å²) in [5, 5.41) is 9.03. The Bertz CT molecular complexity index is 165. The first-order chi connectivity index (χ1) is 7.86. The van der Waals surface area contributed by atoms with Gasteiger partial charge in [0.25, 0.3) is 0 Å². The van der Waals surface area contributed by atoms with Crippen molar-refractivity contribution in [2.75, 3.05) is 46.2 Å². The van der Waals surface area contributed by atoms with E-state index in [2.05, 4.69) is 0 Å². The summed E-state index contributed by atoms with van der Waals surface area (Å²) in [5.74, 6) is 0. The van der Waals surface area contributed by atoms with E-state index in [0.29, 0.717) is 39.6 Å². The molecule has 0 aromatic heterocycles. The van der Waals surface area contributed by atoms with Gasteiger partial charge in [0, 0.05) is 6.61 Å². The Kier molecular flexibility index (Phi) is 7.65. The lowest BCUT2D eigenvalue weighted by Crippen LogP contribution is -2.35. The molecule has 0 aromatic carbocycles. The van der Waals surface area contributed by atoms with Crippen LogP contribution in [0.15, 0.2) is 0 Å². The van der Waals surface area contributed by atoms with Crippen molar-refractivity contribution >= 4 is 0 Å². The van der Waals surface area contributed by atoms with Crippen LogP contribution < -0.4 is 0 Å². The summed E-state index contributed by atoms with van der Waals surface area (Å²) in [6, 6.07) is 0. The molecule has 1 N–H and O–H groups in total. The maximum Gasteiger partial charge on any atom is 0.184 e. The van der Waals surface area contributed by atoms with Crippen molar-refractivity contribution in [3.05, 3.63) is 0 Å². The van der Waals surface area contributed by atoms with E-state index < -0.39 is 12.6 Å². The van der Waals surface area contributed by atoms with Gasteiger partial charge in [0.1, 0.15) is 0 Å². The van der Waals surface area contributed by atoms with Crippen molar-refractivity contribution in [3.63, 3.8) is 0 Å². The number of hydrogen-bond donors (Lipinski definition) is 1. The second kappa shape index (κ2) is 8.86. The molecule has 6 nitrogen and oxygen atoms in total. The zero-order valence-electron chi connectivity index (χ0n) is 9.59. The Labute approximate surface area is 95.4 Å². The van der Waals surface area contributed by atoms with Crippen molar-refractivity contribution < 1.29 is 28.8 Å². The Morgan fingerprint density at radius 3 is 2.44 bits per heavy atom. The molecule has 6 heteroatoms.